The van der Waals surface area contributed by atoms with E-state index in [0.717, 1.165) is 11.2 Å². The first-order valence-corrected chi connectivity index (χ1v) is 16.0. The summed E-state index contributed by atoms with van der Waals surface area (Å²) in [5.74, 6) is 0.936. The molecule has 0 amide bonds. The monoisotopic (exact) mass is 586 g/mol. The molecule has 2 nitrogen and oxygen atoms in total. The van der Waals surface area contributed by atoms with Gasteiger partial charge in [-0.2, -0.15) is 0 Å². The quantitative estimate of drug-likeness (QED) is 0.197. The SMILES string of the molecule is CC1(C)c2cc(-c3ccc4c(c3)c3c5ccccc5ccc3n4-c3cc4ccccc4cn3)ccc2-c2cc3ccccc3cc21. The Morgan fingerprint density at radius 1 is 0.478 bits per heavy atom. The van der Waals surface area contributed by atoms with Gasteiger partial charge < -0.3 is 0 Å². The van der Waals surface area contributed by atoms with Crippen molar-refractivity contribution in [2.24, 2.45) is 0 Å². The molecule has 9 aromatic rings. The molecule has 0 atom stereocenters. The zero-order valence-electron chi connectivity index (χ0n) is 25.8. The summed E-state index contributed by atoms with van der Waals surface area (Å²) in [6, 6.07) is 51.4. The molecule has 0 saturated heterocycles. The summed E-state index contributed by atoms with van der Waals surface area (Å²) in [4.78, 5) is 4.97. The summed E-state index contributed by atoms with van der Waals surface area (Å²) in [6.07, 6.45) is 1.99. The lowest BCUT2D eigenvalue weighted by Crippen LogP contribution is -2.15. The van der Waals surface area contributed by atoms with E-state index in [1.54, 1.807) is 0 Å². The fourth-order valence-electron chi connectivity index (χ4n) is 8.01. The Labute approximate surface area is 267 Å². The lowest BCUT2D eigenvalue weighted by atomic mass is 9.81. The Morgan fingerprint density at radius 2 is 1.11 bits per heavy atom. The molecule has 1 aliphatic carbocycles. The van der Waals surface area contributed by atoms with E-state index in [-0.39, 0.29) is 5.41 Å². The molecule has 7 aromatic carbocycles. The number of fused-ring (bicyclic) bond motifs is 10. The van der Waals surface area contributed by atoms with Gasteiger partial charge in [-0.05, 0) is 103 Å². The first kappa shape index (κ1) is 25.6. The molecule has 2 aromatic heterocycles. The van der Waals surface area contributed by atoms with E-state index in [4.69, 9.17) is 4.98 Å². The second-order valence-corrected chi connectivity index (χ2v) is 13.3. The van der Waals surface area contributed by atoms with Crippen LogP contribution in [0.3, 0.4) is 0 Å². The molecule has 0 fully saturated rings. The predicted molar refractivity (Wildman–Crippen MR) is 194 cm³/mol. The van der Waals surface area contributed by atoms with Crippen LogP contribution in [0.15, 0.2) is 146 Å². The molecule has 0 spiro atoms. The second-order valence-electron chi connectivity index (χ2n) is 13.3. The van der Waals surface area contributed by atoms with Gasteiger partial charge in [-0.25, -0.2) is 4.98 Å². The highest BCUT2D eigenvalue weighted by atomic mass is 15.1. The predicted octanol–water partition coefficient (Wildman–Crippen LogP) is 11.6. The van der Waals surface area contributed by atoms with Crippen LogP contribution in [0.2, 0.25) is 0 Å². The van der Waals surface area contributed by atoms with E-state index in [2.05, 4.69) is 158 Å². The molecule has 0 bridgehead atoms. The van der Waals surface area contributed by atoms with Crippen molar-refractivity contribution in [3.63, 3.8) is 0 Å². The van der Waals surface area contributed by atoms with E-state index in [1.807, 2.05) is 6.20 Å². The van der Waals surface area contributed by atoms with Gasteiger partial charge in [0.05, 0.1) is 11.0 Å². The Balaban J connectivity index is 1.20. The van der Waals surface area contributed by atoms with Crippen molar-refractivity contribution in [2.45, 2.75) is 19.3 Å². The molecule has 2 heterocycles. The van der Waals surface area contributed by atoms with Crippen LogP contribution in [0.25, 0.3) is 82.2 Å². The Hall–Kier alpha value is -5.73. The molecular formula is C44H30N2. The van der Waals surface area contributed by atoms with Crippen molar-refractivity contribution < 1.29 is 0 Å². The molecule has 2 heteroatoms. The van der Waals surface area contributed by atoms with Gasteiger partial charge in [0.1, 0.15) is 5.82 Å². The van der Waals surface area contributed by atoms with Crippen molar-refractivity contribution in [3.8, 4) is 28.1 Å². The van der Waals surface area contributed by atoms with Gasteiger partial charge in [0, 0.05) is 27.8 Å². The largest absolute Gasteiger partial charge is 0.294 e. The highest BCUT2D eigenvalue weighted by Gasteiger charge is 2.36. The Kier molecular flexibility index (Phi) is 5.09. The molecule has 46 heavy (non-hydrogen) atoms. The molecule has 0 saturated carbocycles. The zero-order valence-corrected chi connectivity index (χ0v) is 25.8. The number of hydrogen-bond acceptors (Lipinski definition) is 1. The van der Waals surface area contributed by atoms with E-state index < -0.39 is 0 Å². The average molecular weight is 587 g/mol. The van der Waals surface area contributed by atoms with E-state index in [1.165, 1.54) is 82.1 Å². The third-order valence-electron chi connectivity index (χ3n) is 10.4. The van der Waals surface area contributed by atoms with Gasteiger partial charge in [-0.15, -0.1) is 0 Å². The first-order chi connectivity index (χ1) is 22.5. The third kappa shape index (κ3) is 3.50. The van der Waals surface area contributed by atoms with Crippen molar-refractivity contribution in [2.75, 3.05) is 0 Å². The van der Waals surface area contributed by atoms with Gasteiger partial charge in [0.25, 0.3) is 0 Å². The number of rotatable bonds is 2. The summed E-state index contributed by atoms with van der Waals surface area (Å²) >= 11 is 0. The fourth-order valence-corrected chi connectivity index (χ4v) is 8.01. The van der Waals surface area contributed by atoms with E-state index in [0.29, 0.717) is 0 Å². The summed E-state index contributed by atoms with van der Waals surface area (Å²) in [7, 11) is 0. The lowest BCUT2D eigenvalue weighted by molar-refractivity contribution is 0.661. The Bertz CT molecular complexity index is 2730. The first-order valence-electron chi connectivity index (χ1n) is 16.0. The molecule has 0 unspecified atom stereocenters. The van der Waals surface area contributed by atoms with Gasteiger partial charge in [0.2, 0.25) is 0 Å². The average Bonchev–Trinajstić information content (AvgIpc) is 3.55. The number of pyridine rings is 1. The van der Waals surface area contributed by atoms with Crippen molar-refractivity contribution >= 4 is 54.1 Å². The second kappa shape index (κ2) is 9.15. The van der Waals surface area contributed by atoms with Crippen LogP contribution in [0, 0.1) is 0 Å². The van der Waals surface area contributed by atoms with Crippen molar-refractivity contribution in [1.29, 1.82) is 0 Å². The standard InChI is InChI=1S/C44H30N2/c1-44(2)38-24-32(15-18-35(38)36-21-28-10-3-4-11-29(28)23-39(36)44)31-17-19-40-37(22-31)43-34-14-8-7-9-27(34)16-20-41(43)46(40)42-25-30-12-5-6-13-33(30)26-45-42/h3-26H,1-2H3. The maximum absolute atomic E-state index is 4.97. The maximum atomic E-state index is 4.97. The van der Waals surface area contributed by atoms with Gasteiger partial charge >= 0.3 is 0 Å². The Morgan fingerprint density at radius 3 is 1.93 bits per heavy atom. The summed E-state index contributed by atoms with van der Waals surface area (Å²) in [5.41, 5.74) is 10.2. The molecule has 216 valence electrons. The molecular weight excluding hydrogens is 556 g/mol. The summed E-state index contributed by atoms with van der Waals surface area (Å²) in [6.45, 7) is 4.74. The minimum absolute atomic E-state index is 0.0806. The third-order valence-corrected chi connectivity index (χ3v) is 10.4. The topological polar surface area (TPSA) is 17.8 Å². The number of nitrogens with zero attached hydrogens (tertiary/aromatic N) is 2. The number of aromatic nitrogens is 2. The summed E-state index contributed by atoms with van der Waals surface area (Å²) < 4.78 is 2.33. The highest BCUT2D eigenvalue weighted by molar-refractivity contribution is 6.22. The minimum atomic E-state index is -0.0806. The molecule has 0 aliphatic heterocycles. The van der Waals surface area contributed by atoms with Crippen molar-refractivity contribution in [3.05, 3.63) is 157 Å². The van der Waals surface area contributed by atoms with Crippen LogP contribution >= 0.6 is 0 Å². The van der Waals surface area contributed by atoms with Crippen LogP contribution in [-0.2, 0) is 5.41 Å². The van der Waals surface area contributed by atoms with Gasteiger partial charge in [-0.1, -0.05) is 111 Å². The lowest BCUT2D eigenvalue weighted by Gasteiger charge is -2.22. The number of hydrogen-bond donors (Lipinski definition) is 0. The molecule has 0 radical (unpaired) electrons. The van der Waals surface area contributed by atoms with Crippen LogP contribution in [0.5, 0.6) is 0 Å². The van der Waals surface area contributed by atoms with Gasteiger partial charge in [-0.3, -0.25) is 4.57 Å². The van der Waals surface area contributed by atoms with Crippen LogP contribution in [0.4, 0.5) is 0 Å². The highest BCUT2D eigenvalue weighted by Crippen LogP contribution is 2.51. The van der Waals surface area contributed by atoms with E-state index >= 15 is 0 Å². The number of benzene rings is 7. The summed E-state index contributed by atoms with van der Waals surface area (Å²) in [5, 5.41) is 9.96. The molecule has 10 rings (SSSR count). The van der Waals surface area contributed by atoms with Crippen molar-refractivity contribution in [1.82, 2.24) is 9.55 Å². The zero-order chi connectivity index (χ0) is 30.6. The van der Waals surface area contributed by atoms with Crippen LogP contribution < -0.4 is 0 Å². The fraction of sp³-hybridized carbons (Fsp3) is 0.0682. The molecule has 0 N–H and O–H groups in total. The maximum Gasteiger partial charge on any atom is 0.138 e. The van der Waals surface area contributed by atoms with Gasteiger partial charge in [0.15, 0.2) is 0 Å². The van der Waals surface area contributed by atoms with E-state index in [9.17, 15) is 0 Å². The smallest absolute Gasteiger partial charge is 0.138 e. The molecule has 1 aliphatic rings. The van der Waals surface area contributed by atoms with Crippen LogP contribution in [0.1, 0.15) is 25.0 Å². The van der Waals surface area contributed by atoms with Crippen LogP contribution in [-0.4, -0.2) is 9.55 Å². The minimum Gasteiger partial charge on any atom is -0.294 e. The normalized spacial score (nSPS) is 13.6.